The van der Waals surface area contributed by atoms with Crippen molar-refractivity contribution in [3.63, 3.8) is 0 Å². The van der Waals surface area contributed by atoms with Crippen LogP contribution in [0.2, 0.25) is 0 Å². The molecule has 0 aliphatic carbocycles. The fourth-order valence-corrected chi connectivity index (χ4v) is 2.40. The first kappa shape index (κ1) is 12.2. The molecule has 3 rings (SSSR count). The quantitative estimate of drug-likeness (QED) is 0.815. The maximum absolute atomic E-state index is 4.71. The van der Waals surface area contributed by atoms with Crippen molar-refractivity contribution in [2.75, 3.05) is 38.1 Å². The fraction of sp³-hybridized carbons (Fsp3) is 0.429. The fourth-order valence-electron chi connectivity index (χ4n) is 2.40. The second-order valence-corrected chi connectivity index (χ2v) is 4.95. The molecule has 1 fully saturated rings. The number of hydrogen-bond donors (Lipinski definition) is 0. The summed E-state index contributed by atoms with van der Waals surface area (Å²) < 4.78 is 1.80. The second-order valence-electron chi connectivity index (χ2n) is 4.95. The van der Waals surface area contributed by atoms with Gasteiger partial charge in [0, 0.05) is 32.0 Å². The molecule has 5 heteroatoms. The predicted octanol–water partition coefficient (Wildman–Crippen LogP) is 1.41. The molecule has 0 bridgehead atoms. The molecule has 2 aromatic rings. The highest BCUT2D eigenvalue weighted by Crippen LogP contribution is 2.15. The van der Waals surface area contributed by atoms with Crippen LogP contribution < -0.4 is 4.90 Å². The van der Waals surface area contributed by atoms with Gasteiger partial charge in [-0.05, 0) is 38.2 Å². The average Bonchev–Trinajstić information content (AvgIpc) is 2.89. The summed E-state index contributed by atoms with van der Waals surface area (Å²) in [5.41, 5.74) is 0. The minimum Gasteiger partial charge on any atom is -0.355 e. The topological polar surface area (TPSA) is 37.2 Å². The number of rotatable bonds is 2. The molecule has 1 aliphatic heterocycles. The Balaban J connectivity index is 1.83. The molecular weight excluding hydrogens is 238 g/mol. The third-order valence-corrected chi connectivity index (χ3v) is 3.50. The van der Waals surface area contributed by atoms with Crippen LogP contribution in [0.3, 0.4) is 0 Å². The zero-order valence-corrected chi connectivity index (χ0v) is 11.2. The van der Waals surface area contributed by atoms with Gasteiger partial charge in [0.2, 0.25) is 0 Å². The van der Waals surface area contributed by atoms with E-state index in [1.165, 1.54) is 6.42 Å². The van der Waals surface area contributed by atoms with E-state index in [9.17, 15) is 0 Å². The molecular formula is C14H19N5. The highest BCUT2D eigenvalue weighted by atomic mass is 15.3. The molecule has 100 valence electrons. The maximum Gasteiger partial charge on any atom is 0.155 e. The van der Waals surface area contributed by atoms with E-state index in [0.29, 0.717) is 0 Å². The SMILES string of the molecule is CN1CCCN(c2cccc(-n3cccn3)n2)CC1. The van der Waals surface area contributed by atoms with Crippen LogP contribution in [0.15, 0.2) is 36.7 Å². The third kappa shape index (κ3) is 2.76. The Hall–Kier alpha value is -1.88. The summed E-state index contributed by atoms with van der Waals surface area (Å²) >= 11 is 0. The van der Waals surface area contributed by atoms with Crippen molar-refractivity contribution in [3.8, 4) is 5.82 Å². The van der Waals surface area contributed by atoms with E-state index in [4.69, 9.17) is 4.98 Å². The van der Waals surface area contributed by atoms with Gasteiger partial charge in [0.1, 0.15) is 5.82 Å². The molecule has 0 radical (unpaired) electrons. The van der Waals surface area contributed by atoms with Gasteiger partial charge in [0.05, 0.1) is 0 Å². The summed E-state index contributed by atoms with van der Waals surface area (Å²) in [6.07, 6.45) is 4.88. The van der Waals surface area contributed by atoms with E-state index >= 15 is 0 Å². The number of anilines is 1. The van der Waals surface area contributed by atoms with E-state index in [1.807, 2.05) is 24.4 Å². The molecule has 0 amide bonds. The van der Waals surface area contributed by atoms with Crippen LogP contribution in [0.4, 0.5) is 5.82 Å². The van der Waals surface area contributed by atoms with Crippen molar-refractivity contribution in [3.05, 3.63) is 36.7 Å². The van der Waals surface area contributed by atoms with Crippen LogP contribution in [0.25, 0.3) is 5.82 Å². The van der Waals surface area contributed by atoms with Gasteiger partial charge in [-0.2, -0.15) is 5.10 Å². The number of pyridine rings is 1. The summed E-state index contributed by atoms with van der Waals surface area (Å²) in [6, 6.07) is 8.03. The van der Waals surface area contributed by atoms with Gasteiger partial charge in [-0.15, -0.1) is 0 Å². The van der Waals surface area contributed by atoms with Crippen LogP contribution in [0, 0.1) is 0 Å². The van der Waals surface area contributed by atoms with Crippen LogP contribution >= 0.6 is 0 Å². The van der Waals surface area contributed by atoms with Gasteiger partial charge in [-0.3, -0.25) is 0 Å². The molecule has 0 N–H and O–H groups in total. The van der Waals surface area contributed by atoms with Gasteiger partial charge in [-0.1, -0.05) is 6.07 Å². The lowest BCUT2D eigenvalue weighted by molar-refractivity contribution is 0.360. The van der Waals surface area contributed by atoms with Crippen LogP contribution in [0.5, 0.6) is 0 Å². The van der Waals surface area contributed by atoms with Crippen LogP contribution in [0.1, 0.15) is 6.42 Å². The summed E-state index contributed by atoms with van der Waals surface area (Å²) in [6.45, 7) is 4.36. The van der Waals surface area contributed by atoms with E-state index in [2.05, 4.69) is 28.0 Å². The van der Waals surface area contributed by atoms with E-state index in [0.717, 1.165) is 37.8 Å². The van der Waals surface area contributed by atoms with Crippen molar-refractivity contribution >= 4 is 5.82 Å². The lowest BCUT2D eigenvalue weighted by Gasteiger charge is -2.22. The molecule has 3 heterocycles. The summed E-state index contributed by atoms with van der Waals surface area (Å²) in [5.74, 6) is 1.92. The Labute approximate surface area is 113 Å². The van der Waals surface area contributed by atoms with E-state index < -0.39 is 0 Å². The Kier molecular flexibility index (Phi) is 3.46. The second kappa shape index (κ2) is 5.40. The molecule has 0 unspecified atom stereocenters. The minimum atomic E-state index is 0.875. The monoisotopic (exact) mass is 257 g/mol. The number of hydrogen-bond acceptors (Lipinski definition) is 4. The molecule has 5 nitrogen and oxygen atoms in total. The van der Waals surface area contributed by atoms with Gasteiger partial charge in [-0.25, -0.2) is 9.67 Å². The maximum atomic E-state index is 4.71. The van der Waals surface area contributed by atoms with Gasteiger partial charge < -0.3 is 9.80 Å². The Morgan fingerprint density at radius 2 is 1.89 bits per heavy atom. The third-order valence-electron chi connectivity index (χ3n) is 3.50. The zero-order valence-electron chi connectivity index (χ0n) is 11.2. The van der Waals surface area contributed by atoms with Gasteiger partial charge in [0.25, 0.3) is 0 Å². The molecule has 0 atom stereocenters. The van der Waals surface area contributed by atoms with Crippen molar-refractivity contribution in [2.24, 2.45) is 0 Å². The van der Waals surface area contributed by atoms with Gasteiger partial charge in [0.15, 0.2) is 5.82 Å². The minimum absolute atomic E-state index is 0.875. The molecule has 1 aliphatic rings. The summed E-state index contributed by atoms with van der Waals surface area (Å²) in [7, 11) is 2.18. The van der Waals surface area contributed by atoms with Gasteiger partial charge >= 0.3 is 0 Å². The predicted molar refractivity (Wildman–Crippen MR) is 75.7 cm³/mol. The lowest BCUT2D eigenvalue weighted by atomic mass is 10.3. The molecule has 0 aromatic carbocycles. The largest absolute Gasteiger partial charge is 0.355 e. The number of aromatic nitrogens is 3. The van der Waals surface area contributed by atoms with Crippen LogP contribution in [-0.2, 0) is 0 Å². The molecule has 19 heavy (non-hydrogen) atoms. The summed E-state index contributed by atoms with van der Waals surface area (Å²) in [4.78, 5) is 9.44. The Morgan fingerprint density at radius 1 is 1.00 bits per heavy atom. The highest BCUT2D eigenvalue weighted by molar-refractivity contribution is 5.42. The average molecular weight is 257 g/mol. The number of nitrogens with zero attached hydrogens (tertiary/aromatic N) is 5. The Bertz CT molecular complexity index is 522. The van der Waals surface area contributed by atoms with Crippen molar-refractivity contribution < 1.29 is 0 Å². The van der Waals surface area contributed by atoms with E-state index in [1.54, 1.807) is 10.9 Å². The molecule has 0 spiro atoms. The molecule has 0 saturated carbocycles. The normalized spacial score (nSPS) is 17.4. The first-order chi connectivity index (χ1) is 9.33. The first-order valence-corrected chi connectivity index (χ1v) is 6.73. The lowest BCUT2D eigenvalue weighted by Crippen LogP contribution is -2.29. The van der Waals surface area contributed by atoms with Crippen molar-refractivity contribution in [1.29, 1.82) is 0 Å². The zero-order chi connectivity index (χ0) is 13.1. The molecule has 2 aromatic heterocycles. The standard InChI is InChI=1S/C14H19N5/c1-17-8-4-9-18(12-11-17)13-5-2-6-14(16-13)19-10-3-7-15-19/h2-3,5-7,10H,4,8-9,11-12H2,1H3. The Morgan fingerprint density at radius 3 is 2.74 bits per heavy atom. The van der Waals surface area contributed by atoms with Crippen molar-refractivity contribution in [1.82, 2.24) is 19.7 Å². The highest BCUT2D eigenvalue weighted by Gasteiger charge is 2.14. The smallest absolute Gasteiger partial charge is 0.155 e. The van der Waals surface area contributed by atoms with Crippen molar-refractivity contribution in [2.45, 2.75) is 6.42 Å². The van der Waals surface area contributed by atoms with Crippen LogP contribution in [-0.4, -0.2) is 52.9 Å². The number of likely N-dealkylation sites (N-methyl/N-ethyl adjacent to an activating group) is 1. The molecule has 1 saturated heterocycles. The summed E-state index contributed by atoms with van der Waals surface area (Å²) in [5, 5.41) is 4.23. The first-order valence-electron chi connectivity index (χ1n) is 6.73. The van der Waals surface area contributed by atoms with E-state index in [-0.39, 0.29) is 0 Å².